The Morgan fingerprint density at radius 2 is 1.58 bits per heavy atom. The largest absolute Gasteiger partial charge is 0.484 e. The van der Waals surface area contributed by atoms with Gasteiger partial charge in [0.05, 0.1) is 40.4 Å². The fourth-order valence-corrected chi connectivity index (χ4v) is 11.0. The normalized spacial score (nSPS) is 17.2. The molecule has 6 aromatic rings. The first-order valence-corrected chi connectivity index (χ1v) is 25.5. The Hall–Kier alpha value is -7.09. The molecule has 376 valence electrons. The number of hydrogen-bond acceptors (Lipinski definition) is 13. The number of aromatic nitrogens is 4. The lowest BCUT2D eigenvalue weighted by atomic mass is 9.85. The molecule has 2 aliphatic heterocycles. The van der Waals surface area contributed by atoms with Crippen molar-refractivity contribution < 1.29 is 38.9 Å². The Kier molecular flexibility index (Phi) is 15.2. The fourth-order valence-electron chi connectivity index (χ4n) is 9.00. The molecule has 0 spiro atoms. The van der Waals surface area contributed by atoms with Crippen LogP contribution in [-0.4, -0.2) is 102 Å². The van der Waals surface area contributed by atoms with Crippen LogP contribution in [-0.2, 0) is 30.4 Å². The number of rotatable bonds is 16. The molecule has 3 aromatic heterocycles. The van der Waals surface area contributed by atoms with Crippen molar-refractivity contribution in [1.29, 1.82) is 0 Å². The highest BCUT2D eigenvalue weighted by atomic mass is 32.1. The number of fused-ring (bicyclic) bond motifs is 3. The zero-order chi connectivity index (χ0) is 51.6. The minimum Gasteiger partial charge on any atom is -0.484 e. The second-order valence-electron chi connectivity index (χ2n) is 19.4. The van der Waals surface area contributed by atoms with Crippen molar-refractivity contribution in [3.63, 3.8) is 0 Å². The van der Waals surface area contributed by atoms with Gasteiger partial charge in [0.25, 0.3) is 5.91 Å². The molecule has 4 amide bonds. The van der Waals surface area contributed by atoms with Gasteiger partial charge in [-0.2, -0.15) is 0 Å². The number of ether oxygens (including phenoxy) is 1. The summed E-state index contributed by atoms with van der Waals surface area (Å²) >= 11 is 3.15. The lowest BCUT2D eigenvalue weighted by Gasteiger charge is -2.35. The van der Waals surface area contributed by atoms with Crippen LogP contribution >= 0.6 is 22.7 Å². The van der Waals surface area contributed by atoms with Crippen molar-refractivity contribution >= 4 is 63.7 Å². The molecule has 2 unspecified atom stereocenters. The van der Waals surface area contributed by atoms with Crippen LogP contribution in [0.4, 0.5) is 5.69 Å². The second kappa shape index (κ2) is 21.3. The number of aliphatic carboxylic acids is 1. The molecular formula is C53H59N9O8S2. The maximum atomic E-state index is 14.2. The Morgan fingerprint density at radius 3 is 2.24 bits per heavy atom. The molecule has 0 saturated carbocycles. The van der Waals surface area contributed by atoms with Gasteiger partial charge in [-0.05, 0) is 93.0 Å². The number of carboxylic acid groups (broad SMARTS) is 1. The highest BCUT2D eigenvalue weighted by Gasteiger charge is 2.45. The number of hydrogen-bond donors (Lipinski definition) is 5. The molecular weight excluding hydrogens is 955 g/mol. The predicted molar refractivity (Wildman–Crippen MR) is 276 cm³/mol. The number of nitrogens with one attached hydrogen (secondary N) is 3. The first kappa shape index (κ1) is 51.3. The number of aliphatic hydroxyl groups is 1. The van der Waals surface area contributed by atoms with Crippen LogP contribution in [0.1, 0.15) is 109 Å². The minimum absolute atomic E-state index is 0.0481. The van der Waals surface area contributed by atoms with E-state index in [-0.39, 0.29) is 44.4 Å². The van der Waals surface area contributed by atoms with Crippen molar-refractivity contribution in [2.45, 2.75) is 111 Å². The Morgan fingerprint density at radius 1 is 0.889 bits per heavy atom. The number of aryl methyl sites for hydroxylation is 4. The van der Waals surface area contributed by atoms with Crippen LogP contribution in [0.3, 0.4) is 0 Å². The lowest BCUT2D eigenvalue weighted by Crippen LogP contribution is -2.58. The number of amides is 4. The van der Waals surface area contributed by atoms with E-state index in [2.05, 4.69) is 31.1 Å². The quantitative estimate of drug-likeness (QED) is 0.0643. The second-order valence-corrected chi connectivity index (χ2v) is 21.5. The van der Waals surface area contributed by atoms with Gasteiger partial charge in [0, 0.05) is 41.1 Å². The summed E-state index contributed by atoms with van der Waals surface area (Å²) in [6, 6.07) is 19.2. The third kappa shape index (κ3) is 11.3. The Bertz CT molecular complexity index is 3030. The maximum Gasteiger partial charge on any atom is 0.306 e. The molecule has 5 atom stereocenters. The molecule has 5 heterocycles. The topological polar surface area (TPSA) is 230 Å². The number of nitrogens with zero attached hydrogens (tertiary/aromatic N) is 6. The molecule has 3 aromatic carbocycles. The first-order valence-electron chi connectivity index (χ1n) is 23.8. The van der Waals surface area contributed by atoms with Crippen LogP contribution in [0.5, 0.6) is 5.75 Å². The Labute approximate surface area is 425 Å². The molecule has 0 radical (unpaired) electrons. The standard InChI is InChI=1S/C53H59N9O8S2/c1-28-31(4)72-52-45(28)46(57-40(24-44(66)67)49-60-59-32(5)62(49)52)35-16-18-37(19-17-35)56-42(64)22-11-33-9-20-39(21-10-33)70-26-43(65)58-48(53(6,7)8)51(69)61-25-38(63)23-41(61)50(68)55-29(2)34-12-14-36(15-13-34)47-30(3)54-27-71-47/h9-10,12-21,27,29,38,40-41,48,63H,11,22-26H2,1-8H3,(H,55,68)(H,56,64)(H,58,65)(H,66,67)/t29?,38-,40+,41+,48?/m1/s1. The summed E-state index contributed by atoms with van der Waals surface area (Å²) in [5.74, 6) is -1.04. The van der Waals surface area contributed by atoms with Gasteiger partial charge in [-0.1, -0.05) is 69.3 Å². The Balaban J connectivity index is 0.826. The smallest absolute Gasteiger partial charge is 0.306 e. The molecule has 0 aliphatic carbocycles. The van der Waals surface area contributed by atoms with E-state index in [1.54, 1.807) is 46.9 Å². The lowest BCUT2D eigenvalue weighted by molar-refractivity contribution is -0.144. The van der Waals surface area contributed by atoms with Gasteiger partial charge in [0.15, 0.2) is 12.4 Å². The number of benzene rings is 3. The highest BCUT2D eigenvalue weighted by molar-refractivity contribution is 7.15. The molecule has 2 aliphatic rings. The van der Waals surface area contributed by atoms with E-state index in [1.165, 1.54) is 4.90 Å². The van der Waals surface area contributed by atoms with Crippen LogP contribution < -0.4 is 20.7 Å². The van der Waals surface area contributed by atoms with Crippen LogP contribution in [0.15, 0.2) is 83.3 Å². The molecule has 5 N–H and O–H groups in total. The fraction of sp³-hybridized carbons (Fsp3) is 0.377. The summed E-state index contributed by atoms with van der Waals surface area (Å²) in [4.78, 5) is 79.1. The van der Waals surface area contributed by atoms with E-state index in [9.17, 15) is 34.2 Å². The van der Waals surface area contributed by atoms with Crippen molar-refractivity contribution in [2.75, 3.05) is 18.5 Å². The molecule has 72 heavy (non-hydrogen) atoms. The van der Waals surface area contributed by atoms with Gasteiger partial charge >= 0.3 is 5.97 Å². The molecule has 1 fully saturated rings. The van der Waals surface area contributed by atoms with Gasteiger partial charge in [-0.15, -0.1) is 32.9 Å². The van der Waals surface area contributed by atoms with E-state index in [4.69, 9.17) is 9.73 Å². The highest BCUT2D eigenvalue weighted by Crippen LogP contribution is 2.40. The van der Waals surface area contributed by atoms with E-state index < -0.39 is 53.3 Å². The summed E-state index contributed by atoms with van der Waals surface area (Å²) in [5, 5.41) is 38.7. The summed E-state index contributed by atoms with van der Waals surface area (Å²) < 4.78 is 7.71. The number of β-amino-alcohol motifs (C(OH)–C–C–N with tert-alkyl or cyclic N) is 1. The number of carboxylic acids is 1. The van der Waals surface area contributed by atoms with Crippen molar-refractivity contribution in [2.24, 2.45) is 10.4 Å². The SMILES string of the molecule is Cc1ncsc1-c1ccc(C(C)NC(=O)[C@@H]2C[C@@H](O)CN2C(=O)C(NC(=O)COc2ccc(CCC(=O)Nc3ccc(C4=N[C@@H](CC(=O)O)c5nnc(C)n5-c5sc(C)c(C)c54)cc3)cc2)C(C)(C)C)cc1. The van der Waals surface area contributed by atoms with E-state index in [0.717, 1.165) is 53.8 Å². The van der Waals surface area contributed by atoms with Gasteiger partial charge in [0.1, 0.15) is 34.7 Å². The van der Waals surface area contributed by atoms with E-state index in [0.29, 0.717) is 35.2 Å². The van der Waals surface area contributed by atoms with Crippen LogP contribution in [0, 0.1) is 33.1 Å². The number of thiophene rings is 1. The molecule has 19 heteroatoms. The van der Waals surface area contributed by atoms with Gasteiger partial charge in [0.2, 0.25) is 17.7 Å². The number of thiazole rings is 1. The average Bonchev–Trinajstić information content (AvgIpc) is 4.11. The number of anilines is 1. The summed E-state index contributed by atoms with van der Waals surface area (Å²) in [5.41, 5.74) is 8.76. The molecule has 1 saturated heterocycles. The summed E-state index contributed by atoms with van der Waals surface area (Å²) in [6.45, 7) is 14.8. The molecule has 8 rings (SSSR count). The van der Waals surface area contributed by atoms with Crippen molar-refractivity contribution in [3.8, 4) is 21.2 Å². The van der Waals surface area contributed by atoms with Gasteiger partial charge in [-0.3, -0.25) is 33.5 Å². The molecule has 17 nitrogen and oxygen atoms in total. The zero-order valence-electron chi connectivity index (χ0n) is 41.5. The van der Waals surface area contributed by atoms with E-state index >= 15 is 0 Å². The summed E-state index contributed by atoms with van der Waals surface area (Å²) in [6.07, 6.45) is -0.452. The monoisotopic (exact) mass is 1010 g/mol. The summed E-state index contributed by atoms with van der Waals surface area (Å²) in [7, 11) is 0. The van der Waals surface area contributed by atoms with Crippen LogP contribution in [0.25, 0.3) is 15.4 Å². The average molecular weight is 1010 g/mol. The van der Waals surface area contributed by atoms with E-state index in [1.807, 2.05) is 114 Å². The van der Waals surface area contributed by atoms with Crippen LogP contribution in [0.2, 0.25) is 0 Å². The number of carbonyl (C=O) groups excluding carboxylic acids is 4. The number of aliphatic hydroxyl groups excluding tert-OH is 1. The maximum absolute atomic E-state index is 14.2. The molecule has 0 bridgehead atoms. The first-order chi connectivity index (χ1) is 34.2. The number of aliphatic imine (C=N–C) groups is 1. The number of carbonyl (C=O) groups is 5. The number of likely N-dealkylation sites (tertiary alicyclic amines) is 1. The van der Waals surface area contributed by atoms with Crippen molar-refractivity contribution in [3.05, 3.63) is 128 Å². The van der Waals surface area contributed by atoms with Gasteiger partial charge < -0.3 is 35.8 Å². The zero-order valence-corrected chi connectivity index (χ0v) is 43.1. The third-order valence-electron chi connectivity index (χ3n) is 13.0. The third-order valence-corrected chi connectivity index (χ3v) is 15.2. The van der Waals surface area contributed by atoms with Crippen molar-refractivity contribution in [1.82, 2.24) is 35.3 Å². The minimum atomic E-state index is -1.02. The van der Waals surface area contributed by atoms with Gasteiger partial charge in [-0.25, -0.2) is 4.98 Å². The predicted octanol–water partition coefficient (Wildman–Crippen LogP) is 7.37.